The lowest BCUT2D eigenvalue weighted by Gasteiger charge is -2.09. The zero-order valence-corrected chi connectivity index (χ0v) is 10.6. The third-order valence-corrected chi connectivity index (χ3v) is 2.67. The van der Waals surface area contributed by atoms with Crippen molar-refractivity contribution in [3.63, 3.8) is 0 Å². The Balaban J connectivity index is 2.47. The summed E-state index contributed by atoms with van der Waals surface area (Å²) in [6.45, 7) is 4.41. The first-order valence-electron chi connectivity index (χ1n) is 6.11. The summed E-state index contributed by atoms with van der Waals surface area (Å²) in [6, 6.07) is 7.38. The van der Waals surface area contributed by atoms with Crippen molar-refractivity contribution in [3.05, 3.63) is 29.8 Å². The lowest BCUT2D eigenvalue weighted by molar-refractivity contribution is -0.118. The molecule has 0 bridgehead atoms. The summed E-state index contributed by atoms with van der Waals surface area (Å²) < 4.78 is 5.56. The zero-order valence-electron chi connectivity index (χ0n) is 10.6. The van der Waals surface area contributed by atoms with Gasteiger partial charge in [0, 0.05) is 0 Å². The number of unbranched alkanes of at least 4 members (excludes halogenated alkanes) is 1. The van der Waals surface area contributed by atoms with Crippen LogP contribution in [-0.4, -0.2) is 18.4 Å². The molecular formula is C14H21NO2. The summed E-state index contributed by atoms with van der Waals surface area (Å²) in [6.07, 6.45) is 2.78. The smallest absolute Gasteiger partial charge is 0.146 e. The molecule has 1 aromatic rings. The Kier molecular flexibility index (Phi) is 5.70. The predicted molar refractivity (Wildman–Crippen MR) is 69.2 cm³/mol. The molecule has 1 rings (SSSR count). The summed E-state index contributed by atoms with van der Waals surface area (Å²) >= 11 is 0. The van der Waals surface area contributed by atoms with Crippen LogP contribution in [0.1, 0.15) is 32.3 Å². The standard InChI is InChI=1S/C14H21NO2/c1-3-4-9-17-13-7-5-12(6-8-13)10-14(15)11(2)16/h5-8,14H,3-4,9-10,15H2,1-2H3/t14-/m0/s1. The first-order valence-corrected chi connectivity index (χ1v) is 6.11. The largest absolute Gasteiger partial charge is 0.494 e. The van der Waals surface area contributed by atoms with Gasteiger partial charge >= 0.3 is 0 Å². The number of ether oxygens (including phenoxy) is 1. The van der Waals surface area contributed by atoms with Crippen LogP contribution < -0.4 is 10.5 Å². The van der Waals surface area contributed by atoms with E-state index in [1.165, 1.54) is 6.92 Å². The molecule has 0 saturated carbocycles. The third kappa shape index (κ3) is 5.00. The van der Waals surface area contributed by atoms with Crippen LogP contribution in [0.25, 0.3) is 0 Å². The van der Waals surface area contributed by atoms with Crippen molar-refractivity contribution >= 4 is 5.78 Å². The molecule has 2 N–H and O–H groups in total. The Morgan fingerprint density at radius 2 is 2.00 bits per heavy atom. The van der Waals surface area contributed by atoms with Crippen molar-refractivity contribution in [3.8, 4) is 5.75 Å². The number of rotatable bonds is 7. The summed E-state index contributed by atoms with van der Waals surface area (Å²) in [7, 11) is 0. The number of ketones is 1. The average molecular weight is 235 g/mol. The molecule has 0 saturated heterocycles. The minimum atomic E-state index is -0.401. The van der Waals surface area contributed by atoms with Crippen LogP contribution in [-0.2, 0) is 11.2 Å². The highest BCUT2D eigenvalue weighted by Gasteiger charge is 2.08. The summed E-state index contributed by atoms with van der Waals surface area (Å²) in [5, 5.41) is 0. The van der Waals surface area contributed by atoms with Crippen molar-refractivity contribution in [2.45, 2.75) is 39.2 Å². The van der Waals surface area contributed by atoms with E-state index in [0.717, 1.165) is 30.8 Å². The summed E-state index contributed by atoms with van der Waals surface area (Å²) in [5.74, 6) is 0.895. The number of hydrogen-bond acceptors (Lipinski definition) is 3. The van der Waals surface area contributed by atoms with Crippen LogP contribution in [0, 0.1) is 0 Å². The summed E-state index contributed by atoms with van der Waals surface area (Å²) in [4.78, 5) is 11.0. The molecule has 94 valence electrons. The van der Waals surface area contributed by atoms with Crippen molar-refractivity contribution in [1.29, 1.82) is 0 Å². The van der Waals surface area contributed by atoms with Crippen LogP contribution in [0.2, 0.25) is 0 Å². The van der Waals surface area contributed by atoms with Gasteiger partial charge < -0.3 is 10.5 Å². The van der Waals surface area contributed by atoms with E-state index < -0.39 is 6.04 Å². The molecule has 0 aromatic heterocycles. The quantitative estimate of drug-likeness (QED) is 0.738. The van der Waals surface area contributed by atoms with Crippen molar-refractivity contribution in [2.75, 3.05) is 6.61 Å². The minimum Gasteiger partial charge on any atom is -0.494 e. The molecule has 1 aromatic carbocycles. The van der Waals surface area contributed by atoms with Crippen LogP contribution >= 0.6 is 0 Å². The Morgan fingerprint density at radius 3 is 2.53 bits per heavy atom. The monoisotopic (exact) mass is 235 g/mol. The van der Waals surface area contributed by atoms with Gasteiger partial charge in [0.25, 0.3) is 0 Å². The maximum atomic E-state index is 11.0. The highest BCUT2D eigenvalue weighted by Crippen LogP contribution is 2.13. The Morgan fingerprint density at radius 1 is 1.35 bits per heavy atom. The van der Waals surface area contributed by atoms with E-state index in [-0.39, 0.29) is 5.78 Å². The number of benzene rings is 1. The molecule has 17 heavy (non-hydrogen) atoms. The SMILES string of the molecule is CCCCOc1ccc(C[C@H](N)C(C)=O)cc1. The van der Waals surface area contributed by atoms with E-state index in [1.807, 2.05) is 24.3 Å². The lowest BCUT2D eigenvalue weighted by atomic mass is 10.0. The van der Waals surface area contributed by atoms with Gasteiger partial charge in [-0.05, 0) is 37.5 Å². The maximum Gasteiger partial charge on any atom is 0.146 e. The first-order chi connectivity index (χ1) is 8.13. The topological polar surface area (TPSA) is 52.3 Å². The predicted octanol–water partition coefficient (Wildman–Crippen LogP) is 2.32. The van der Waals surface area contributed by atoms with Gasteiger partial charge in [0.2, 0.25) is 0 Å². The van der Waals surface area contributed by atoms with Crippen LogP contribution in [0.4, 0.5) is 0 Å². The minimum absolute atomic E-state index is 0.0215. The number of Topliss-reactive ketones (excluding diaryl/α,β-unsaturated/α-hetero) is 1. The Hall–Kier alpha value is -1.35. The van der Waals surface area contributed by atoms with Gasteiger partial charge in [0.05, 0.1) is 12.6 Å². The van der Waals surface area contributed by atoms with Gasteiger partial charge in [-0.3, -0.25) is 4.79 Å². The van der Waals surface area contributed by atoms with Gasteiger partial charge in [-0.2, -0.15) is 0 Å². The van der Waals surface area contributed by atoms with Crippen LogP contribution in [0.15, 0.2) is 24.3 Å². The molecular weight excluding hydrogens is 214 g/mol. The van der Waals surface area contributed by atoms with E-state index in [9.17, 15) is 4.79 Å². The fraction of sp³-hybridized carbons (Fsp3) is 0.500. The second-order valence-corrected chi connectivity index (χ2v) is 4.27. The van der Waals surface area contributed by atoms with Crippen molar-refractivity contribution in [1.82, 2.24) is 0 Å². The fourth-order valence-electron chi connectivity index (χ4n) is 1.45. The van der Waals surface area contributed by atoms with E-state index in [4.69, 9.17) is 10.5 Å². The molecule has 0 unspecified atom stereocenters. The van der Waals surface area contributed by atoms with Gasteiger partial charge in [-0.1, -0.05) is 25.5 Å². The van der Waals surface area contributed by atoms with E-state index in [1.54, 1.807) is 0 Å². The highest BCUT2D eigenvalue weighted by atomic mass is 16.5. The molecule has 3 heteroatoms. The molecule has 0 heterocycles. The Bertz CT molecular complexity index is 346. The molecule has 3 nitrogen and oxygen atoms in total. The van der Waals surface area contributed by atoms with Gasteiger partial charge in [-0.25, -0.2) is 0 Å². The third-order valence-electron chi connectivity index (χ3n) is 2.67. The molecule has 0 amide bonds. The number of carbonyl (C=O) groups is 1. The molecule has 0 spiro atoms. The average Bonchev–Trinajstić information content (AvgIpc) is 2.31. The zero-order chi connectivity index (χ0) is 12.7. The van der Waals surface area contributed by atoms with Gasteiger partial charge in [0.15, 0.2) is 0 Å². The molecule has 0 radical (unpaired) electrons. The van der Waals surface area contributed by atoms with Crippen LogP contribution in [0.5, 0.6) is 5.75 Å². The summed E-state index contributed by atoms with van der Waals surface area (Å²) in [5.41, 5.74) is 6.77. The van der Waals surface area contributed by atoms with E-state index in [0.29, 0.717) is 6.42 Å². The van der Waals surface area contributed by atoms with E-state index in [2.05, 4.69) is 6.92 Å². The number of carbonyl (C=O) groups excluding carboxylic acids is 1. The molecule has 0 aliphatic rings. The molecule has 0 aliphatic heterocycles. The number of nitrogens with two attached hydrogens (primary N) is 1. The maximum absolute atomic E-state index is 11.0. The molecule has 0 aliphatic carbocycles. The van der Waals surface area contributed by atoms with Crippen molar-refractivity contribution in [2.24, 2.45) is 5.73 Å². The normalized spacial score (nSPS) is 12.2. The molecule has 1 atom stereocenters. The lowest BCUT2D eigenvalue weighted by Crippen LogP contribution is -2.30. The molecule has 0 fully saturated rings. The first kappa shape index (κ1) is 13.7. The highest BCUT2D eigenvalue weighted by molar-refractivity contribution is 5.81. The van der Waals surface area contributed by atoms with Gasteiger partial charge in [-0.15, -0.1) is 0 Å². The second kappa shape index (κ2) is 7.07. The van der Waals surface area contributed by atoms with Crippen LogP contribution in [0.3, 0.4) is 0 Å². The van der Waals surface area contributed by atoms with Crippen molar-refractivity contribution < 1.29 is 9.53 Å². The van der Waals surface area contributed by atoms with Gasteiger partial charge in [0.1, 0.15) is 11.5 Å². The van der Waals surface area contributed by atoms with E-state index >= 15 is 0 Å². The number of hydrogen-bond donors (Lipinski definition) is 1. The Labute approximate surface area is 103 Å². The second-order valence-electron chi connectivity index (χ2n) is 4.27. The fourth-order valence-corrected chi connectivity index (χ4v) is 1.45.